The highest BCUT2D eigenvalue weighted by Crippen LogP contribution is 2.33. The molecule has 6 nitrogen and oxygen atoms in total. The van der Waals surface area contributed by atoms with Crippen molar-refractivity contribution in [1.29, 1.82) is 0 Å². The molecule has 0 spiro atoms. The molecule has 0 fully saturated rings. The van der Waals surface area contributed by atoms with Crippen LogP contribution in [-0.2, 0) is 30.5 Å². The van der Waals surface area contributed by atoms with E-state index in [-0.39, 0.29) is 5.78 Å². The standard InChI is InChI=1S/C24H23N5O/c25-22-12-18(13-27-22)16-4-1-14(2-5-16)9-19(30)10-15-3-6-17-7-8-21-23(20(17)11-15)29-24(26)28-21/h1-6,11,13H,7-10,12H2,(H2,25,27)(H3,26,28,29). The number of imidazole rings is 1. The van der Waals surface area contributed by atoms with Crippen LogP contribution in [0.25, 0.3) is 16.8 Å². The summed E-state index contributed by atoms with van der Waals surface area (Å²) in [6, 6.07) is 14.3. The highest BCUT2D eigenvalue weighted by molar-refractivity contribution is 5.95. The number of amidine groups is 1. The summed E-state index contributed by atoms with van der Waals surface area (Å²) in [5, 5.41) is 0. The zero-order valence-corrected chi connectivity index (χ0v) is 16.6. The van der Waals surface area contributed by atoms with Crippen LogP contribution >= 0.6 is 0 Å². The number of fused-ring (bicyclic) bond motifs is 3. The number of nitrogens with two attached hydrogens (primary N) is 2. The Morgan fingerprint density at radius 3 is 2.53 bits per heavy atom. The molecular weight excluding hydrogens is 374 g/mol. The van der Waals surface area contributed by atoms with E-state index in [0.29, 0.717) is 31.0 Å². The van der Waals surface area contributed by atoms with E-state index in [4.69, 9.17) is 11.5 Å². The van der Waals surface area contributed by atoms with E-state index >= 15 is 0 Å². The van der Waals surface area contributed by atoms with Gasteiger partial charge in [-0.15, -0.1) is 0 Å². The molecule has 0 bridgehead atoms. The van der Waals surface area contributed by atoms with Crippen LogP contribution in [0.5, 0.6) is 0 Å². The number of ketones is 1. The Hall–Kier alpha value is -3.67. The summed E-state index contributed by atoms with van der Waals surface area (Å²) in [6.07, 6.45) is 5.17. The fourth-order valence-corrected chi connectivity index (χ4v) is 4.24. The van der Waals surface area contributed by atoms with Gasteiger partial charge in [0, 0.05) is 36.7 Å². The number of benzene rings is 2. The molecule has 2 heterocycles. The largest absolute Gasteiger partial charge is 0.387 e. The average Bonchev–Trinajstić information content (AvgIpc) is 3.33. The van der Waals surface area contributed by atoms with Gasteiger partial charge in [-0.1, -0.05) is 36.4 Å². The predicted molar refractivity (Wildman–Crippen MR) is 119 cm³/mol. The van der Waals surface area contributed by atoms with Crippen LogP contribution < -0.4 is 11.5 Å². The van der Waals surface area contributed by atoms with Crippen molar-refractivity contribution in [1.82, 2.24) is 9.97 Å². The van der Waals surface area contributed by atoms with Crippen LogP contribution in [0.3, 0.4) is 0 Å². The van der Waals surface area contributed by atoms with Gasteiger partial charge < -0.3 is 16.5 Å². The molecule has 0 radical (unpaired) electrons. The van der Waals surface area contributed by atoms with Gasteiger partial charge in [0.1, 0.15) is 11.6 Å². The number of anilines is 1. The lowest BCUT2D eigenvalue weighted by atomic mass is 9.89. The number of carbonyl (C=O) groups is 1. The monoisotopic (exact) mass is 397 g/mol. The summed E-state index contributed by atoms with van der Waals surface area (Å²) in [5.41, 5.74) is 20.1. The third kappa shape index (κ3) is 3.52. The van der Waals surface area contributed by atoms with Crippen molar-refractivity contribution in [2.24, 2.45) is 10.7 Å². The van der Waals surface area contributed by atoms with E-state index in [9.17, 15) is 4.79 Å². The Labute approximate surface area is 174 Å². The number of aromatic nitrogens is 2. The van der Waals surface area contributed by atoms with Crippen LogP contribution in [0.15, 0.2) is 53.7 Å². The van der Waals surface area contributed by atoms with Crippen LogP contribution in [0.1, 0.15) is 34.4 Å². The first-order valence-electron chi connectivity index (χ1n) is 10.1. The number of hydrogen-bond acceptors (Lipinski definition) is 5. The number of carbonyl (C=O) groups excluding carboxylic acids is 1. The van der Waals surface area contributed by atoms with E-state index in [1.54, 1.807) is 0 Å². The van der Waals surface area contributed by atoms with Gasteiger partial charge in [0.2, 0.25) is 0 Å². The van der Waals surface area contributed by atoms with Gasteiger partial charge >= 0.3 is 0 Å². The molecule has 0 saturated carbocycles. The molecule has 0 unspecified atom stereocenters. The summed E-state index contributed by atoms with van der Waals surface area (Å²) in [6.45, 7) is 0. The molecule has 6 heteroatoms. The van der Waals surface area contributed by atoms with Gasteiger partial charge in [-0.2, -0.15) is 0 Å². The Balaban J connectivity index is 1.27. The molecule has 150 valence electrons. The zero-order chi connectivity index (χ0) is 20.7. The highest BCUT2D eigenvalue weighted by Gasteiger charge is 2.20. The number of nitrogens with zero attached hydrogens (tertiary/aromatic N) is 2. The summed E-state index contributed by atoms with van der Waals surface area (Å²) >= 11 is 0. The number of rotatable bonds is 5. The Morgan fingerprint density at radius 1 is 1.00 bits per heavy atom. The molecule has 3 aromatic rings. The van der Waals surface area contributed by atoms with Crippen LogP contribution in [0, 0.1) is 0 Å². The average molecular weight is 397 g/mol. The topological polar surface area (TPSA) is 110 Å². The normalized spacial score (nSPS) is 14.7. The maximum atomic E-state index is 12.7. The number of aryl methyl sites for hydroxylation is 2. The Bertz CT molecular complexity index is 1200. The molecule has 0 amide bonds. The zero-order valence-electron chi connectivity index (χ0n) is 16.6. The molecule has 5 rings (SSSR count). The molecule has 2 aromatic carbocycles. The van der Waals surface area contributed by atoms with E-state index in [1.165, 1.54) is 5.56 Å². The van der Waals surface area contributed by atoms with E-state index in [2.05, 4.69) is 33.2 Å². The van der Waals surface area contributed by atoms with Gasteiger partial charge in [-0.3, -0.25) is 4.79 Å². The molecule has 5 N–H and O–H groups in total. The minimum Gasteiger partial charge on any atom is -0.387 e. The lowest BCUT2D eigenvalue weighted by molar-refractivity contribution is -0.117. The maximum absolute atomic E-state index is 12.7. The van der Waals surface area contributed by atoms with Crippen molar-refractivity contribution in [3.05, 3.63) is 76.6 Å². The summed E-state index contributed by atoms with van der Waals surface area (Å²) in [5.74, 6) is 1.27. The number of aliphatic imine (C=N–C) groups is 1. The van der Waals surface area contributed by atoms with Gasteiger partial charge in [0.15, 0.2) is 5.95 Å². The van der Waals surface area contributed by atoms with Gasteiger partial charge in [-0.25, -0.2) is 9.98 Å². The first-order valence-corrected chi connectivity index (χ1v) is 10.1. The minimum absolute atomic E-state index is 0.188. The number of aromatic amines is 1. The SMILES string of the molecule is NC1=NC=C(c2ccc(CC(=O)Cc3ccc4c(c3)-c3nc(N)[nH]c3CC4)cc2)C1. The number of Topliss-reactive ketones (excluding diaryl/α,β-unsaturated/α-hetero) is 1. The number of hydrogen-bond donors (Lipinski definition) is 3. The number of H-pyrrole nitrogens is 1. The Morgan fingerprint density at radius 2 is 1.77 bits per heavy atom. The van der Waals surface area contributed by atoms with Crippen LogP contribution in [-0.4, -0.2) is 21.6 Å². The smallest absolute Gasteiger partial charge is 0.198 e. The number of nitrogen functional groups attached to an aromatic ring is 1. The first kappa shape index (κ1) is 18.4. The second-order valence-corrected chi connectivity index (χ2v) is 7.98. The second kappa shape index (κ2) is 7.30. The summed E-state index contributed by atoms with van der Waals surface area (Å²) < 4.78 is 0. The molecule has 2 aliphatic rings. The second-order valence-electron chi connectivity index (χ2n) is 7.98. The third-order valence-electron chi connectivity index (χ3n) is 5.76. The lowest BCUT2D eigenvalue weighted by Gasteiger charge is -2.16. The van der Waals surface area contributed by atoms with Crippen molar-refractivity contribution < 1.29 is 4.79 Å². The fourth-order valence-electron chi connectivity index (χ4n) is 4.24. The van der Waals surface area contributed by atoms with Crippen molar-refractivity contribution in [2.45, 2.75) is 32.1 Å². The molecule has 0 atom stereocenters. The van der Waals surface area contributed by atoms with Gasteiger partial charge in [-0.05, 0) is 46.7 Å². The van der Waals surface area contributed by atoms with Crippen molar-refractivity contribution in [3.8, 4) is 11.3 Å². The molecule has 0 saturated heterocycles. The highest BCUT2D eigenvalue weighted by atomic mass is 16.1. The van der Waals surface area contributed by atoms with Gasteiger partial charge in [0.05, 0.1) is 5.69 Å². The molecule has 1 aliphatic heterocycles. The molecule has 30 heavy (non-hydrogen) atoms. The quantitative estimate of drug-likeness (QED) is 0.614. The minimum atomic E-state index is 0.188. The maximum Gasteiger partial charge on any atom is 0.198 e. The molecule has 1 aromatic heterocycles. The van der Waals surface area contributed by atoms with Crippen molar-refractivity contribution in [3.63, 3.8) is 0 Å². The van der Waals surface area contributed by atoms with Crippen LogP contribution in [0.4, 0.5) is 5.95 Å². The van der Waals surface area contributed by atoms with Crippen molar-refractivity contribution in [2.75, 3.05) is 5.73 Å². The summed E-state index contributed by atoms with van der Waals surface area (Å²) in [7, 11) is 0. The lowest BCUT2D eigenvalue weighted by Crippen LogP contribution is -2.09. The Kier molecular flexibility index (Phi) is 4.47. The van der Waals surface area contributed by atoms with E-state index < -0.39 is 0 Å². The summed E-state index contributed by atoms with van der Waals surface area (Å²) in [4.78, 5) is 24.4. The van der Waals surface area contributed by atoms with Crippen molar-refractivity contribution >= 4 is 23.1 Å². The molecular formula is C24H23N5O. The first-order chi connectivity index (χ1) is 14.5. The van der Waals surface area contributed by atoms with Gasteiger partial charge in [0.25, 0.3) is 0 Å². The third-order valence-corrected chi connectivity index (χ3v) is 5.76. The fraction of sp³-hybridized carbons (Fsp3) is 0.208. The predicted octanol–water partition coefficient (Wildman–Crippen LogP) is 3.21. The molecule has 1 aliphatic carbocycles. The van der Waals surface area contributed by atoms with E-state index in [1.807, 2.05) is 30.5 Å². The van der Waals surface area contributed by atoms with E-state index in [0.717, 1.165) is 52.1 Å². The van der Waals surface area contributed by atoms with Crippen LogP contribution in [0.2, 0.25) is 0 Å². The number of nitrogens with one attached hydrogen (secondary N) is 1.